The lowest BCUT2D eigenvalue weighted by Gasteiger charge is -2.27. The summed E-state index contributed by atoms with van der Waals surface area (Å²) in [4.78, 5) is 4.68. The lowest BCUT2D eigenvalue weighted by Crippen LogP contribution is -2.49. The predicted octanol–water partition coefficient (Wildman–Crippen LogP) is 14.0. The van der Waals surface area contributed by atoms with Crippen LogP contribution in [0.2, 0.25) is 13.1 Å². The van der Waals surface area contributed by atoms with Crippen LogP contribution in [0.25, 0.3) is 66.2 Å². The number of anilines is 6. The van der Waals surface area contributed by atoms with Crippen molar-refractivity contribution < 1.29 is 13.3 Å². The molecule has 0 bridgehead atoms. The van der Waals surface area contributed by atoms with E-state index in [1.165, 1.54) is 21.3 Å². The van der Waals surface area contributed by atoms with Crippen LogP contribution in [0.1, 0.15) is 0 Å². The molecule has 12 rings (SSSR count). The van der Waals surface area contributed by atoms with Gasteiger partial charge in [0.05, 0.1) is 22.1 Å². The third kappa shape index (κ3) is 4.76. The summed E-state index contributed by atoms with van der Waals surface area (Å²) in [5.41, 5.74) is 11.9. The largest absolute Gasteiger partial charge is 0.456 e. The van der Waals surface area contributed by atoms with Gasteiger partial charge in [-0.3, -0.25) is 0 Å². The molecule has 0 amide bonds. The number of fused-ring (bicyclic) bond motifs is 11. The Bertz CT molecular complexity index is 3400. The zero-order valence-electron chi connectivity index (χ0n) is 31.9. The number of nitrogens with zero attached hydrogens (tertiary/aromatic N) is 2. The minimum absolute atomic E-state index is 0.861. The van der Waals surface area contributed by atoms with Gasteiger partial charge in [0.15, 0.2) is 0 Å². The van der Waals surface area contributed by atoms with Gasteiger partial charge in [0.1, 0.15) is 41.7 Å². The molecule has 3 aromatic heterocycles. The first kappa shape index (κ1) is 32.9. The quantitative estimate of drug-likeness (QED) is 0.158. The van der Waals surface area contributed by atoms with E-state index in [9.17, 15) is 0 Å². The molecule has 58 heavy (non-hydrogen) atoms. The molecule has 0 unspecified atom stereocenters. The predicted molar refractivity (Wildman–Crippen MR) is 242 cm³/mol. The molecule has 4 heterocycles. The Kier molecular flexibility index (Phi) is 7.01. The molecule has 0 spiro atoms. The van der Waals surface area contributed by atoms with Crippen LogP contribution < -0.4 is 20.2 Å². The minimum Gasteiger partial charge on any atom is -0.456 e. The van der Waals surface area contributed by atoms with Crippen molar-refractivity contribution in [2.45, 2.75) is 13.1 Å². The number of para-hydroxylation sites is 4. The molecule has 1 aliphatic heterocycles. The second-order valence-electron chi connectivity index (χ2n) is 15.7. The molecule has 1 aliphatic rings. The molecule has 5 nitrogen and oxygen atoms in total. The molecule has 0 atom stereocenters. The van der Waals surface area contributed by atoms with Gasteiger partial charge in [0.2, 0.25) is 0 Å². The molecule has 0 saturated carbocycles. The minimum atomic E-state index is -2.16. The maximum absolute atomic E-state index is 7.10. The lowest BCUT2D eigenvalue weighted by molar-refractivity contribution is 0.635. The summed E-state index contributed by atoms with van der Waals surface area (Å²) >= 11 is 0. The molecule has 0 saturated heterocycles. The van der Waals surface area contributed by atoms with Gasteiger partial charge in [0, 0.05) is 50.5 Å². The Morgan fingerprint density at radius 1 is 0.379 bits per heavy atom. The Morgan fingerprint density at radius 2 is 0.879 bits per heavy atom. The maximum Gasteiger partial charge on any atom is 0.137 e. The summed E-state index contributed by atoms with van der Waals surface area (Å²) in [6.45, 7) is 4.91. The first-order valence-electron chi connectivity index (χ1n) is 19.8. The average molecular weight is 765 g/mol. The number of hydrogen-bond acceptors (Lipinski definition) is 5. The van der Waals surface area contributed by atoms with Crippen molar-refractivity contribution in [1.29, 1.82) is 0 Å². The fourth-order valence-corrected chi connectivity index (χ4v) is 12.7. The summed E-state index contributed by atoms with van der Waals surface area (Å²) in [6.07, 6.45) is 0. The molecule has 0 aliphatic carbocycles. The van der Waals surface area contributed by atoms with Gasteiger partial charge in [0.25, 0.3) is 0 Å². The highest BCUT2D eigenvalue weighted by Crippen LogP contribution is 2.47. The van der Waals surface area contributed by atoms with Crippen LogP contribution in [0.15, 0.2) is 195 Å². The number of hydrogen-bond donors (Lipinski definition) is 0. The normalized spacial score (nSPS) is 13.1. The second kappa shape index (κ2) is 12.4. The van der Waals surface area contributed by atoms with Crippen molar-refractivity contribution in [3.05, 3.63) is 182 Å². The van der Waals surface area contributed by atoms with E-state index < -0.39 is 8.07 Å². The number of rotatable bonds is 6. The fourth-order valence-electron chi connectivity index (χ4n) is 9.47. The van der Waals surface area contributed by atoms with Crippen molar-refractivity contribution in [3.63, 3.8) is 0 Å². The first-order chi connectivity index (χ1) is 28.5. The van der Waals surface area contributed by atoms with Crippen LogP contribution in [0.3, 0.4) is 0 Å². The van der Waals surface area contributed by atoms with E-state index in [4.69, 9.17) is 13.3 Å². The SMILES string of the molecule is C[Si]1(C)c2ccc(N(c3ccccc3)c3cccc4oc5ccccc5c34)cc2-c2oc3cc(N(c4ccccc4)c4cccc5oc6ccccc6c45)ccc3c21. The summed E-state index contributed by atoms with van der Waals surface area (Å²) in [5, 5.41) is 8.29. The summed E-state index contributed by atoms with van der Waals surface area (Å²) in [6, 6.07) is 64.1. The van der Waals surface area contributed by atoms with Crippen molar-refractivity contribution in [3.8, 4) is 11.3 Å². The monoisotopic (exact) mass is 764 g/mol. The van der Waals surface area contributed by atoms with Gasteiger partial charge in [-0.15, -0.1) is 0 Å². The topological polar surface area (TPSA) is 45.9 Å². The van der Waals surface area contributed by atoms with Crippen molar-refractivity contribution in [1.82, 2.24) is 0 Å². The van der Waals surface area contributed by atoms with Gasteiger partial charge in [-0.05, 0) is 95.3 Å². The zero-order valence-corrected chi connectivity index (χ0v) is 32.9. The number of benzene rings is 8. The molecule has 0 radical (unpaired) electrons. The van der Waals surface area contributed by atoms with Crippen LogP contribution in [-0.2, 0) is 0 Å². The molecule has 276 valence electrons. The van der Waals surface area contributed by atoms with E-state index in [2.05, 4.69) is 181 Å². The van der Waals surface area contributed by atoms with E-state index in [1.54, 1.807) is 0 Å². The molecule has 8 aromatic carbocycles. The molecule has 0 N–H and O–H groups in total. The second-order valence-corrected chi connectivity index (χ2v) is 20.0. The van der Waals surface area contributed by atoms with Gasteiger partial charge in [-0.1, -0.05) is 104 Å². The highest BCUT2D eigenvalue weighted by molar-refractivity contribution is 7.05. The van der Waals surface area contributed by atoms with Crippen LogP contribution in [0, 0.1) is 0 Å². The van der Waals surface area contributed by atoms with Crippen LogP contribution >= 0.6 is 0 Å². The van der Waals surface area contributed by atoms with E-state index >= 15 is 0 Å². The summed E-state index contributed by atoms with van der Waals surface area (Å²) in [7, 11) is -2.16. The van der Waals surface area contributed by atoms with Gasteiger partial charge >= 0.3 is 0 Å². The zero-order chi connectivity index (χ0) is 38.5. The van der Waals surface area contributed by atoms with Crippen LogP contribution in [0.5, 0.6) is 0 Å². The number of furan rings is 3. The van der Waals surface area contributed by atoms with E-state index in [1.807, 2.05) is 24.3 Å². The Balaban J connectivity index is 1.04. The fraction of sp³-hybridized carbons (Fsp3) is 0.0385. The Hall–Kier alpha value is -7.28. The Labute approximate surface area is 335 Å². The van der Waals surface area contributed by atoms with Crippen molar-refractivity contribution in [2.75, 3.05) is 9.80 Å². The molecule has 0 fully saturated rings. The van der Waals surface area contributed by atoms with E-state index in [0.29, 0.717) is 0 Å². The molecule has 11 aromatic rings. The summed E-state index contributed by atoms with van der Waals surface area (Å²) in [5.74, 6) is 0.981. The van der Waals surface area contributed by atoms with Gasteiger partial charge in [-0.2, -0.15) is 0 Å². The van der Waals surface area contributed by atoms with Gasteiger partial charge < -0.3 is 23.1 Å². The highest BCUT2D eigenvalue weighted by Gasteiger charge is 2.42. The Morgan fingerprint density at radius 3 is 1.47 bits per heavy atom. The third-order valence-corrected chi connectivity index (χ3v) is 15.5. The highest BCUT2D eigenvalue weighted by atomic mass is 28.3. The lowest BCUT2D eigenvalue weighted by atomic mass is 10.1. The van der Waals surface area contributed by atoms with E-state index in [-0.39, 0.29) is 0 Å². The molecule has 6 heteroatoms. The molecular formula is C52H36N2O3Si. The first-order valence-corrected chi connectivity index (χ1v) is 22.8. The average Bonchev–Trinajstić information content (AvgIpc) is 4.01. The van der Waals surface area contributed by atoms with Crippen LogP contribution in [-0.4, -0.2) is 8.07 Å². The molecular weight excluding hydrogens is 729 g/mol. The van der Waals surface area contributed by atoms with Gasteiger partial charge in [-0.25, -0.2) is 0 Å². The smallest absolute Gasteiger partial charge is 0.137 e. The summed E-state index contributed by atoms with van der Waals surface area (Å²) < 4.78 is 19.8. The standard InChI is InChI=1S/C52H36N2O3Si/c1-58(2)48-30-28-35(53(33-15-5-3-6-16-33)41-21-13-25-45-49(41)37-19-9-11-23-43(37)55-45)31-40(48)51-52(58)39-29-27-36(32-47(39)57-51)54(34-17-7-4-8-18-34)42-22-14-26-46-50(42)38-20-10-12-24-44(38)56-46/h3-32H,1-2H3. The van der Waals surface area contributed by atoms with E-state index in [0.717, 1.165) is 89.3 Å². The maximum atomic E-state index is 7.10. The third-order valence-electron chi connectivity index (χ3n) is 12.0. The van der Waals surface area contributed by atoms with Crippen molar-refractivity contribution in [2.24, 2.45) is 0 Å². The van der Waals surface area contributed by atoms with Crippen LogP contribution in [0.4, 0.5) is 34.1 Å². The van der Waals surface area contributed by atoms with Crippen molar-refractivity contribution >= 4 is 107 Å².